The standard InChI is InChI=1S/C13H16N2O2/c1-3-14(2)9-12(17)10-6-8-15-7-4-5-11(16)13(10)15/h4-8,16H,3,9H2,1-2H3. The van der Waals surface area contributed by atoms with Crippen LogP contribution in [0.4, 0.5) is 0 Å². The molecule has 1 N–H and O–H groups in total. The molecule has 0 saturated heterocycles. The lowest BCUT2D eigenvalue weighted by Gasteiger charge is -2.12. The van der Waals surface area contributed by atoms with Gasteiger partial charge in [-0.3, -0.25) is 9.69 Å². The van der Waals surface area contributed by atoms with E-state index in [0.29, 0.717) is 17.6 Å². The van der Waals surface area contributed by atoms with Crippen LogP contribution in [0, 0.1) is 0 Å². The van der Waals surface area contributed by atoms with E-state index in [1.54, 1.807) is 28.8 Å². The first kappa shape index (κ1) is 11.7. The quantitative estimate of drug-likeness (QED) is 0.817. The van der Waals surface area contributed by atoms with Crippen LogP contribution in [0.2, 0.25) is 0 Å². The third-order valence-corrected chi connectivity index (χ3v) is 2.91. The summed E-state index contributed by atoms with van der Waals surface area (Å²) >= 11 is 0. The van der Waals surface area contributed by atoms with Crippen LogP contribution in [-0.2, 0) is 0 Å². The van der Waals surface area contributed by atoms with Crippen LogP contribution < -0.4 is 0 Å². The van der Waals surface area contributed by atoms with Crippen LogP contribution in [0.15, 0.2) is 30.6 Å². The van der Waals surface area contributed by atoms with E-state index in [-0.39, 0.29) is 11.5 Å². The molecular weight excluding hydrogens is 216 g/mol. The van der Waals surface area contributed by atoms with Gasteiger partial charge in [0.2, 0.25) is 0 Å². The predicted molar refractivity (Wildman–Crippen MR) is 66.6 cm³/mol. The zero-order valence-corrected chi connectivity index (χ0v) is 10.1. The highest BCUT2D eigenvalue weighted by Crippen LogP contribution is 2.23. The Hall–Kier alpha value is -1.81. The number of pyridine rings is 1. The molecule has 0 atom stereocenters. The fraction of sp³-hybridized carbons (Fsp3) is 0.308. The van der Waals surface area contributed by atoms with Crippen LogP contribution in [-0.4, -0.2) is 40.3 Å². The number of rotatable bonds is 4. The van der Waals surface area contributed by atoms with Crippen molar-refractivity contribution in [3.63, 3.8) is 0 Å². The smallest absolute Gasteiger partial charge is 0.179 e. The molecule has 0 aliphatic carbocycles. The second-order valence-corrected chi connectivity index (χ2v) is 4.13. The number of carbonyl (C=O) groups excluding carboxylic acids is 1. The maximum Gasteiger partial charge on any atom is 0.179 e. The Morgan fingerprint density at radius 1 is 1.41 bits per heavy atom. The minimum Gasteiger partial charge on any atom is -0.506 e. The molecule has 17 heavy (non-hydrogen) atoms. The molecule has 2 heterocycles. The summed E-state index contributed by atoms with van der Waals surface area (Å²) in [5.74, 6) is 0.165. The maximum atomic E-state index is 12.1. The van der Waals surface area contributed by atoms with Crippen LogP contribution in [0.25, 0.3) is 5.52 Å². The average molecular weight is 232 g/mol. The summed E-state index contributed by atoms with van der Waals surface area (Å²) in [6.07, 6.45) is 3.60. The monoisotopic (exact) mass is 232 g/mol. The van der Waals surface area contributed by atoms with E-state index in [4.69, 9.17) is 0 Å². The van der Waals surface area contributed by atoms with E-state index in [9.17, 15) is 9.90 Å². The molecule has 0 aliphatic rings. The van der Waals surface area contributed by atoms with Crippen molar-refractivity contribution in [2.24, 2.45) is 0 Å². The molecule has 0 aromatic carbocycles. The molecule has 2 rings (SSSR count). The van der Waals surface area contributed by atoms with Gasteiger partial charge in [0.25, 0.3) is 0 Å². The summed E-state index contributed by atoms with van der Waals surface area (Å²) in [5, 5.41) is 9.79. The summed E-state index contributed by atoms with van der Waals surface area (Å²) in [4.78, 5) is 14.0. The molecule has 2 aromatic heterocycles. The molecule has 2 aromatic rings. The van der Waals surface area contributed by atoms with Crippen LogP contribution in [0.5, 0.6) is 5.75 Å². The molecule has 0 fully saturated rings. The Bertz CT molecular complexity index is 545. The maximum absolute atomic E-state index is 12.1. The molecule has 4 nitrogen and oxygen atoms in total. The summed E-state index contributed by atoms with van der Waals surface area (Å²) in [5.41, 5.74) is 1.16. The lowest BCUT2D eigenvalue weighted by atomic mass is 10.1. The van der Waals surface area contributed by atoms with Gasteiger partial charge in [0.05, 0.1) is 12.1 Å². The highest BCUT2D eigenvalue weighted by Gasteiger charge is 2.15. The number of ketones is 1. The first-order valence-electron chi connectivity index (χ1n) is 5.64. The van der Waals surface area contributed by atoms with Crippen molar-refractivity contribution in [1.29, 1.82) is 0 Å². The lowest BCUT2D eigenvalue weighted by molar-refractivity contribution is 0.0950. The van der Waals surface area contributed by atoms with E-state index in [1.165, 1.54) is 0 Å². The second-order valence-electron chi connectivity index (χ2n) is 4.13. The normalized spacial score (nSPS) is 11.2. The minimum absolute atomic E-state index is 0.0263. The highest BCUT2D eigenvalue weighted by atomic mass is 16.3. The summed E-state index contributed by atoms with van der Waals surface area (Å²) in [6, 6.07) is 5.09. The van der Waals surface area contributed by atoms with Gasteiger partial charge in [0.15, 0.2) is 5.78 Å². The second kappa shape index (κ2) is 4.59. The van der Waals surface area contributed by atoms with Crippen molar-refractivity contribution in [2.45, 2.75) is 6.92 Å². The van der Waals surface area contributed by atoms with Gasteiger partial charge in [0, 0.05) is 18.0 Å². The molecule has 0 amide bonds. The number of Topliss-reactive ketones (excluding diaryl/α,β-unsaturated/α-hetero) is 1. The Morgan fingerprint density at radius 2 is 2.18 bits per heavy atom. The first-order chi connectivity index (χ1) is 8.13. The lowest BCUT2D eigenvalue weighted by Crippen LogP contribution is -2.25. The summed E-state index contributed by atoms with van der Waals surface area (Å²) < 4.78 is 1.76. The number of carbonyl (C=O) groups is 1. The van der Waals surface area contributed by atoms with Gasteiger partial charge < -0.3 is 9.51 Å². The van der Waals surface area contributed by atoms with Gasteiger partial charge >= 0.3 is 0 Å². The SMILES string of the molecule is CCN(C)CC(=O)c1ccn2cccc(O)c12. The molecule has 0 saturated carbocycles. The van der Waals surface area contributed by atoms with E-state index < -0.39 is 0 Å². The first-order valence-corrected chi connectivity index (χ1v) is 5.64. The largest absolute Gasteiger partial charge is 0.506 e. The predicted octanol–water partition coefficient (Wildman–Crippen LogP) is 1.78. The van der Waals surface area contributed by atoms with Crippen molar-refractivity contribution in [2.75, 3.05) is 20.1 Å². The average Bonchev–Trinajstić information content (AvgIpc) is 2.74. The van der Waals surface area contributed by atoms with Crippen molar-refractivity contribution in [3.8, 4) is 5.75 Å². The van der Waals surface area contributed by atoms with Crippen LogP contribution >= 0.6 is 0 Å². The molecular formula is C13H16N2O2. The highest BCUT2D eigenvalue weighted by molar-refractivity contribution is 6.05. The van der Waals surface area contributed by atoms with Gasteiger partial charge in [-0.1, -0.05) is 6.92 Å². The van der Waals surface area contributed by atoms with Crippen LogP contribution in [0.3, 0.4) is 0 Å². The zero-order valence-electron chi connectivity index (χ0n) is 10.1. The fourth-order valence-electron chi connectivity index (χ4n) is 1.81. The molecule has 0 radical (unpaired) electrons. The summed E-state index contributed by atoms with van der Waals surface area (Å²) in [7, 11) is 1.90. The molecule has 0 spiro atoms. The number of hydrogen-bond donors (Lipinski definition) is 1. The Labute approximate surface area is 100 Å². The van der Waals surface area contributed by atoms with Gasteiger partial charge in [0.1, 0.15) is 5.75 Å². The number of hydrogen-bond acceptors (Lipinski definition) is 3. The third kappa shape index (κ3) is 2.17. The molecule has 0 aliphatic heterocycles. The topological polar surface area (TPSA) is 45.0 Å². The molecule has 4 heteroatoms. The summed E-state index contributed by atoms with van der Waals surface area (Å²) in [6.45, 7) is 3.19. The van der Waals surface area contributed by atoms with Crippen molar-refractivity contribution < 1.29 is 9.90 Å². The Kier molecular flexibility index (Phi) is 3.15. The third-order valence-electron chi connectivity index (χ3n) is 2.91. The van der Waals surface area contributed by atoms with E-state index >= 15 is 0 Å². The van der Waals surface area contributed by atoms with Gasteiger partial charge in [-0.2, -0.15) is 0 Å². The van der Waals surface area contributed by atoms with Crippen LogP contribution in [0.1, 0.15) is 17.3 Å². The van der Waals surface area contributed by atoms with Gasteiger partial charge in [-0.25, -0.2) is 0 Å². The zero-order chi connectivity index (χ0) is 12.4. The number of fused-ring (bicyclic) bond motifs is 1. The number of aromatic nitrogens is 1. The Morgan fingerprint density at radius 3 is 2.88 bits per heavy atom. The van der Waals surface area contributed by atoms with Crippen molar-refractivity contribution in [1.82, 2.24) is 9.30 Å². The number of aromatic hydroxyl groups is 1. The van der Waals surface area contributed by atoms with E-state index in [1.807, 2.05) is 25.1 Å². The molecule has 90 valence electrons. The van der Waals surface area contributed by atoms with Gasteiger partial charge in [-0.05, 0) is 31.8 Å². The molecule has 0 unspecified atom stereocenters. The van der Waals surface area contributed by atoms with Crippen molar-refractivity contribution >= 4 is 11.3 Å². The van der Waals surface area contributed by atoms with Crippen molar-refractivity contribution in [3.05, 3.63) is 36.2 Å². The minimum atomic E-state index is 0.0263. The van der Waals surface area contributed by atoms with E-state index in [2.05, 4.69) is 0 Å². The van der Waals surface area contributed by atoms with Gasteiger partial charge in [-0.15, -0.1) is 0 Å². The number of nitrogens with zero attached hydrogens (tertiary/aromatic N) is 2. The van der Waals surface area contributed by atoms with E-state index in [0.717, 1.165) is 6.54 Å². The fourth-order valence-corrected chi connectivity index (χ4v) is 1.81. The number of likely N-dealkylation sites (N-methyl/N-ethyl adjacent to an activating group) is 1. The Balaban J connectivity index is 2.39. The molecule has 0 bridgehead atoms.